The lowest BCUT2D eigenvalue weighted by Crippen LogP contribution is -2.46. The number of carbonyl (C=O) groups is 5. The van der Waals surface area contributed by atoms with Crippen LogP contribution in [0.15, 0.2) is 48.5 Å². The number of aromatic carboxylic acids is 1. The van der Waals surface area contributed by atoms with E-state index in [4.69, 9.17) is 0 Å². The zero-order valence-corrected chi connectivity index (χ0v) is 18.9. The molecule has 2 aromatic carbocycles. The Labute approximate surface area is 199 Å². The third kappa shape index (κ3) is 3.41. The van der Waals surface area contributed by atoms with Gasteiger partial charge in [-0.15, -0.1) is 0 Å². The third-order valence-corrected chi connectivity index (χ3v) is 6.68. The Balaban J connectivity index is 1.66. The van der Waals surface area contributed by atoms with Crippen LogP contribution in [0.2, 0.25) is 0 Å². The molecule has 1 aliphatic rings. The van der Waals surface area contributed by atoms with Gasteiger partial charge in [-0.05, 0) is 30.5 Å². The van der Waals surface area contributed by atoms with Gasteiger partial charge in [-0.3, -0.25) is 19.2 Å². The van der Waals surface area contributed by atoms with E-state index in [0.717, 1.165) is 12.8 Å². The number of carbonyl (C=O) groups excluding carboxylic acids is 4. The Kier molecular flexibility index (Phi) is 5.43. The van der Waals surface area contributed by atoms with Crippen molar-refractivity contribution in [1.82, 2.24) is 9.97 Å². The molecule has 2 heterocycles. The first kappa shape index (κ1) is 22.5. The minimum Gasteiger partial charge on any atom is -0.477 e. The van der Waals surface area contributed by atoms with Gasteiger partial charge in [0.05, 0.1) is 0 Å². The number of aromatic nitrogens is 2. The van der Waals surface area contributed by atoms with Gasteiger partial charge in [-0.2, -0.15) is 0 Å². The Morgan fingerprint density at radius 2 is 1.26 bits per heavy atom. The third-order valence-electron chi connectivity index (χ3n) is 6.68. The molecule has 0 unspecified atom stereocenters. The minimum atomic E-state index is -1.79. The van der Waals surface area contributed by atoms with Gasteiger partial charge in [-0.1, -0.05) is 49.7 Å². The average molecular weight is 470 g/mol. The number of rotatable bonds is 6. The van der Waals surface area contributed by atoms with Crippen LogP contribution in [0, 0.1) is 0 Å². The molecule has 4 aromatic rings. The van der Waals surface area contributed by atoms with Gasteiger partial charge in [-0.25, -0.2) is 4.79 Å². The number of hydrogen-bond donors (Lipinski definition) is 3. The first-order valence-electron chi connectivity index (χ1n) is 11.4. The summed E-state index contributed by atoms with van der Waals surface area (Å²) in [6, 6.07) is 13.6. The van der Waals surface area contributed by atoms with Crippen LogP contribution < -0.4 is 0 Å². The second-order valence-corrected chi connectivity index (χ2v) is 8.75. The number of nitrogens with one attached hydrogen (secondary N) is 2. The predicted molar refractivity (Wildman–Crippen MR) is 128 cm³/mol. The first-order chi connectivity index (χ1) is 16.8. The molecule has 0 atom stereocenters. The summed E-state index contributed by atoms with van der Waals surface area (Å²) in [6.07, 6.45) is 2.21. The van der Waals surface area contributed by atoms with Crippen molar-refractivity contribution in [1.29, 1.82) is 0 Å². The molecule has 1 fully saturated rings. The highest BCUT2D eigenvalue weighted by atomic mass is 16.4. The number of Topliss-reactive ketones (excluding diaryl/α,β-unsaturated/α-hetero) is 4. The summed E-state index contributed by atoms with van der Waals surface area (Å²) in [5.74, 6) is -8.87. The molecule has 0 aliphatic heterocycles. The lowest BCUT2D eigenvalue weighted by Gasteiger charge is -2.25. The number of hydrogen-bond acceptors (Lipinski definition) is 5. The van der Waals surface area contributed by atoms with Crippen LogP contribution in [0.25, 0.3) is 21.8 Å². The predicted octanol–water partition coefficient (Wildman–Crippen LogP) is 3.85. The average Bonchev–Trinajstić information content (AvgIpc) is 3.41. The van der Waals surface area contributed by atoms with Gasteiger partial charge in [0.1, 0.15) is 17.5 Å². The number of aryl methyl sites for hydroxylation is 1. The van der Waals surface area contributed by atoms with Crippen molar-refractivity contribution in [2.45, 2.75) is 38.0 Å². The number of benzene rings is 2. The van der Waals surface area contributed by atoms with E-state index in [2.05, 4.69) is 9.97 Å². The number of carboxylic acid groups (broad SMARTS) is 1. The van der Waals surface area contributed by atoms with Gasteiger partial charge in [0.25, 0.3) is 0 Å². The maximum Gasteiger partial charge on any atom is 0.352 e. The molecule has 0 amide bonds. The summed E-state index contributed by atoms with van der Waals surface area (Å²) in [7, 11) is 0. The molecule has 0 bridgehead atoms. The summed E-state index contributed by atoms with van der Waals surface area (Å²) in [5, 5.41) is 10.6. The van der Waals surface area contributed by atoms with Crippen LogP contribution in [0.4, 0.5) is 0 Å². The number of H-pyrrole nitrogens is 2. The zero-order chi connectivity index (χ0) is 24.9. The second kappa shape index (κ2) is 8.47. The largest absolute Gasteiger partial charge is 0.477 e. The number of para-hydroxylation sites is 2. The van der Waals surface area contributed by atoms with Crippen molar-refractivity contribution in [2.75, 3.05) is 0 Å². The second-order valence-electron chi connectivity index (χ2n) is 8.75. The molecule has 2 aromatic heterocycles. The Hall–Kier alpha value is -4.33. The van der Waals surface area contributed by atoms with Crippen LogP contribution >= 0.6 is 0 Å². The van der Waals surface area contributed by atoms with Gasteiger partial charge in [0.2, 0.25) is 23.1 Å². The summed E-state index contributed by atoms with van der Waals surface area (Å²) in [5.41, 5.74) is 1.58. The molecule has 0 spiro atoms. The van der Waals surface area contributed by atoms with E-state index in [1.54, 1.807) is 36.4 Å². The minimum absolute atomic E-state index is 0.145. The zero-order valence-electron chi connectivity index (χ0n) is 18.9. The normalized spacial score (nSPS) is 18.7. The van der Waals surface area contributed by atoms with Crippen LogP contribution in [0.3, 0.4) is 0 Å². The number of unbranched alkanes of at least 4 members (excludes halogenated alkanes) is 1. The lowest BCUT2D eigenvalue weighted by molar-refractivity contribution is -0.150. The molecule has 8 nitrogen and oxygen atoms in total. The Morgan fingerprint density at radius 1 is 0.771 bits per heavy atom. The summed E-state index contributed by atoms with van der Waals surface area (Å²) in [6.45, 7) is 2.01. The number of fused-ring (bicyclic) bond motifs is 2. The molecule has 3 N–H and O–H groups in total. The van der Waals surface area contributed by atoms with Gasteiger partial charge >= 0.3 is 5.97 Å². The Morgan fingerprint density at radius 3 is 1.80 bits per heavy atom. The highest BCUT2D eigenvalue weighted by Crippen LogP contribution is 2.40. The molecule has 35 heavy (non-hydrogen) atoms. The molecule has 1 aliphatic carbocycles. The SMILES string of the molecule is CCCCc1[nH]c2ccccc2c1C1C(=O)C(=O)C(c2c(C(=O)O)[nH]c3ccccc23)C(=O)C1=O. The van der Waals surface area contributed by atoms with Crippen molar-refractivity contribution in [2.24, 2.45) is 0 Å². The molecule has 0 radical (unpaired) electrons. The molecule has 1 saturated carbocycles. The molecule has 176 valence electrons. The van der Waals surface area contributed by atoms with E-state index >= 15 is 0 Å². The van der Waals surface area contributed by atoms with Crippen molar-refractivity contribution >= 4 is 50.9 Å². The number of carboxylic acids is 1. The molecule has 5 rings (SSSR count). The van der Waals surface area contributed by atoms with Crippen molar-refractivity contribution in [3.63, 3.8) is 0 Å². The lowest BCUT2D eigenvalue weighted by atomic mass is 9.71. The number of aromatic amines is 2. The van der Waals surface area contributed by atoms with E-state index in [-0.39, 0.29) is 11.3 Å². The quantitative estimate of drug-likeness (QED) is 0.289. The first-order valence-corrected chi connectivity index (χ1v) is 11.4. The monoisotopic (exact) mass is 470 g/mol. The molecule has 8 heteroatoms. The Bertz CT molecular complexity index is 1530. The van der Waals surface area contributed by atoms with Crippen molar-refractivity contribution < 1.29 is 29.1 Å². The van der Waals surface area contributed by atoms with E-state index in [1.807, 2.05) is 19.1 Å². The maximum atomic E-state index is 13.5. The fraction of sp³-hybridized carbons (Fsp3) is 0.222. The van der Waals surface area contributed by atoms with Crippen LogP contribution in [0.1, 0.15) is 58.9 Å². The van der Waals surface area contributed by atoms with Crippen LogP contribution in [-0.2, 0) is 25.6 Å². The molecular weight excluding hydrogens is 448 g/mol. The van der Waals surface area contributed by atoms with Gasteiger partial charge in [0.15, 0.2) is 0 Å². The van der Waals surface area contributed by atoms with Crippen molar-refractivity contribution in [3.8, 4) is 0 Å². The summed E-state index contributed by atoms with van der Waals surface area (Å²) in [4.78, 5) is 71.7. The smallest absolute Gasteiger partial charge is 0.352 e. The summed E-state index contributed by atoms with van der Waals surface area (Å²) >= 11 is 0. The van der Waals surface area contributed by atoms with E-state index in [0.29, 0.717) is 39.5 Å². The highest BCUT2D eigenvalue weighted by Gasteiger charge is 2.52. The van der Waals surface area contributed by atoms with Crippen LogP contribution in [-0.4, -0.2) is 44.2 Å². The number of ketones is 4. The topological polar surface area (TPSA) is 137 Å². The summed E-state index contributed by atoms with van der Waals surface area (Å²) < 4.78 is 0. The van der Waals surface area contributed by atoms with Crippen LogP contribution in [0.5, 0.6) is 0 Å². The fourth-order valence-electron chi connectivity index (χ4n) is 5.06. The van der Waals surface area contributed by atoms with Gasteiger partial charge in [0, 0.05) is 33.1 Å². The standard InChI is InChI=1S/C27H22N2O6/c1-2-3-10-17-18(13-8-4-6-11-15(13)28-17)20-23(30)25(32)21(26(33)24(20)31)19-14-9-5-7-12-16(14)29-22(19)27(34)35/h4-9,11-12,20-21,28-29H,2-3,10H2,1H3,(H,34,35). The van der Waals surface area contributed by atoms with Gasteiger partial charge < -0.3 is 15.1 Å². The maximum absolute atomic E-state index is 13.5. The van der Waals surface area contributed by atoms with E-state index in [1.165, 1.54) is 0 Å². The fourth-order valence-corrected chi connectivity index (χ4v) is 5.06. The molecule has 0 saturated heterocycles. The van der Waals surface area contributed by atoms with E-state index < -0.39 is 40.9 Å². The van der Waals surface area contributed by atoms with Crippen molar-refractivity contribution in [3.05, 3.63) is 71.0 Å². The van der Waals surface area contributed by atoms with E-state index in [9.17, 15) is 29.1 Å². The molecular formula is C27H22N2O6. The highest BCUT2D eigenvalue weighted by molar-refractivity contribution is 6.64.